The van der Waals surface area contributed by atoms with Crippen molar-refractivity contribution >= 4 is 23.2 Å². The molecular weight excluding hydrogens is 268 g/mol. The number of nitroso groups, excluding NO2 is 1. The summed E-state index contributed by atoms with van der Waals surface area (Å²) >= 11 is 0. The summed E-state index contributed by atoms with van der Waals surface area (Å²) in [4.78, 5) is 20.0. The average molecular weight is 286 g/mol. The predicted molar refractivity (Wildman–Crippen MR) is 82.7 cm³/mol. The summed E-state index contributed by atoms with van der Waals surface area (Å²) in [6.07, 6.45) is 3.59. The molecule has 21 heavy (non-hydrogen) atoms. The van der Waals surface area contributed by atoms with Crippen LogP contribution in [0.2, 0.25) is 0 Å². The number of hydrogen-bond donors (Lipinski definition) is 0. The largest absolute Gasteiger partial charge is 0.304 e. The molecule has 0 amide bonds. The van der Waals surface area contributed by atoms with Crippen molar-refractivity contribution in [2.24, 2.45) is 10.2 Å². The zero-order valence-corrected chi connectivity index (χ0v) is 12.0. The maximum absolute atomic E-state index is 11.0. The summed E-state index contributed by atoms with van der Waals surface area (Å²) in [7, 11) is 2.13. The fourth-order valence-corrected chi connectivity index (χ4v) is 2.42. The Morgan fingerprint density at radius 1 is 1.29 bits per heavy atom. The van der Waals surface area contributed by atoms with E-state index >= 15 is 0 Å². The Labute approximate surface area is 122 Å². The van der Waals surface area contributed by atoms with E-state index in [2.05, 4.69) is 32.1 Å². The highest BCUT2D eigenvalue weighted by Crippen LogP contribution is 2.31. The molecule has 1 fully saturated rings. The number of nitrogens with zero attached hydrogens (tertiary/aromatic N) is 6. The molecule has 1 aliphatic rings. The van der Waals surface area contributed by atoms with Crippen LogP contribution < -0.4 is 0 Å². The Bertz CT molecular complexity index is 657. The van der Waals surface area contributed by atoms with Gasteiger partial charge >= 0.3 is 0 Å². The molecule has 3 heterocycles. The maximum atomic E-state index is 11.0. The molecule has 7 heteroatoms. The summed E-state index contributed by atoms with van der Waals surface area (Å²) in [5.74, 6) is 0.380. The second kappa shape index (κ2) is 6.11. The van der Waals surface area contributed by atoms with Gasteiger partial charge in [-0.15, -0.1) is 10.0 Å². The summed E-state index contributed by atoms with van der Waals surface area (Å²) < 4.78 is 1.62. The molecule has 0 bridgehead atoms. The molecule has 2 aromatic heterocycles. The van der Waals surface area contributed by atoms with Gasteiger partial charge in [0.25, 0.3) is 0 Å². The van der Waals surface area contributed by atoms with Crippen molar-refractivity contribution in [2.75, 3.05) is 39.8 Å². The fraction of sp³-hybridized carbons (Fsp3) is 0.429. The number of likely N-dealkylation sites (N-methyl/N-ethyl adjacent to an activating group) is 1. The smallest absolute Gasteiger partial charge is 0.204 e. The third-order valence-electron chi connectivity index (χ3n) is 3.74. The topological polar surface area (TPSA) is 65.6 Å². The number of fused-ring (bicyclic) bond motifs is 1. The molecule has 7 nitrogen and oxygen atoms in total. The van der Waals surface area contributed by atoms with Crippen molar-refractivity contribution in [3.8, 4) is 0 Å². The van der Waals surface area contributed by atoms with Crippen molar-refractivity contribution in [3.05, 3.63) is 29.3 Å². The number of aliphatic imine (C=N–C) groups is 1. The van der Waals surface area contributed by atoms with Crippen LogP contribution in [0.4, 0.5) is 11.5 Å². The van der Waals surface area contributed by atoms with Crippen molar-refractivity contribution in [2.45, 2.75) is 0 Å². The number of rotatable bonds is 4. The van der Waals surface area contributed by atoms with Crippen molar-refractivity contribution in [1.29, 1.82) is 0 Å². The van der Waals surface area contributed by atoms with Crippen LogP contribution in [0.25, 0.3) is 5.52 Å². The molecule has 0 aliphatic carbocycles. The van der Waals surface area contributed by atoms with E-state index in [0.29, 0.717) is 17.0 Å². The lowest BCUT2D eigenvalue weighted by atomic mass is 10.3. The van der Waals surface area contributed by atoms with Gasteiger partial charge in [0.1, 0.15) is 0 Å². The molecule has 1 saturated heterocycles. The van der Waals surface area contributed by atoms with Crippen LogP contribution in [0.15, 0.2) is 34.6 Å². The van der Waals surface area contributed by atoms with Crippen molar-refractivity contribution in [1.82, 2.24) is 19.4 Å². The van der Waals surface area contributed by atoms with Gasteiger partial charge in [-0.3, -0.25) is 4.90 Å². The summed E-state index contributed by atoms with van der Waals surface area (Å²) in [6.45, 7) is 4.98. The van der Waals surface area contributed by atoms with E-state index in [-0.39, 0.29) is 0 Å². The molecule has 3 rings (SSSR count). The molecule has 0 atom stereocenters. The van der Waals surface area contributed by atoms with Crippen molar-refractivity contribution < 1.29 is 0 Å². The zero-order valence-electron chi connectivity index (χ0n) is 12.0. The number of aromatic nitrogens is 2. The highest BCUT2D eigenvalue weighted by atomic mass is 16.3. The van der Waals surface area contributed by atoms with E-state index < -0.39 is 0 Å². The van der Waals surface area contributed by atoms with Gasteiger partial charge in [-0.05, 0) is 24.4 Å². The van der Waals surface area contributed by atoms with Crippen LogP contribution in [0.5, 0.6) is 0 Å². The van der Waals surface area contributed by atoms with E-state index in [0.717, 1.165) is 32.7 Å². The Morgan fingerprint density at radius 3 is 2.86 bits per heavy atom. The summed E-state index contributed by atoms with van der Waals surface area (Å²) in [5, 5.41) is 7.34. The second-order valence-corrected chi connectivity index (χ2v) is 5.21. The molecule has 1 aliphatic heterocycles. The second-order valence-electron chi connectivity index (χ2n) is 5.21. The van der Waals surface area contributed by atoms with Crippen LogP contribution >= 0.6 is 0 Å². The Balaban J connectivity index is 1.72. The van der Waals surface area contributed by atoms with E-state index in [9.17, 15) is 4.91 Å². The van der Waals surface area contributed by atoms with E-state index in [1.807, 2.05) is 24.4 Å². The first-order valence-corrected chi connectivity index (χ1v) is 7.02. The lowest BCUT2D eigenvalue weighted by Gasteiger charge is -2.31. The third kappa shape index (κ3) is 2.98. The van der Waals surface area contributed by atoms with Crippen LogP contribution in [0.1, 0.15) is 0 Å². The van der Waals surface area contributed by atoms with Gasteiger partial charge < -0.3 is 4.90 Å². The Kier molecular flexibility index (Phi) is 4.03. The van der Waals surface area contributed by atoms with Crippen molar-refractivity contribution in [3.63, 3.8) is 0 Å². The average Bonchev–Trinajstić information content (AvgIpc) is 2.86. The van der Waals surface area contributed by atoms with Gasteiger partial charge in [0.05, 0.1) is 5.52 Å². The third-order valence-corrected chi connectivity index (χ3v) is 3.74. The quantitative estimate of drug-likeness (QED) is 0.633. The maximum Gasteiger partial charge on any atom is 0.204 e. The first kappa shape index (κ1) is 13.8. The first-order valence-electron chi connectivity index (χ1n) is 7.02. The monoisotopic (exact) mass is 286 g/mol. The molecule has 2 aromatic rings. The van der Waals surface area contributed by atoms with Crippen LogP contribution in [-0.4, -0.2) is 65.4 Å². The number of hydrogen-bond acceptors (Lipinski definition) is 6. The lowest BCUT2D eigenvalue weighted by Crippen LogP contribution is -2.44. The fourth-order valence-electron chi connectivity index (χ4n) is 2.42. The van der Waals surface area contributed by atoms with Gasteiger partial charge in [-0.25, -0.2) is 9.51 Å². The minimum atomic E-state index is 0.297. The molecule has 0 spiro atoms. The van der Waals surface area contributed by atoms with Gasteiger partial charge in [0.2, 0.25) is 5.82 Å². The van der Waals surface area contributed by atoms with Gasteiger partial charge in [-0.2, -0.15) is 0 Å². The normalized spacial score (nSPS) is 17.8. The van der Waals surface area contributed by atoms with E-state index in [1.54, 1.807) is 10.7 Å². The standard InChI is InChI=1S/C14H18N6O/c1-18-8-10-19(11-9-18)7-5-15-14-13(17-21)12-4-2-3-6-20(12)16-14/h2-6H,7-11H2,1H3. The highest BCUT2D eigenvalue weighted by molar-refractivity contribution is 5.80. The molecule has 0 radical (unpaired) electrons. The minimum absolute atomic E-state index is 0.297. The minimum Gasteiger partial charge on any atom is -0.304 e. The van der Waals surface area contributed by atoms with Gasteiger partial charge in [-0.1, -0.05) is 6.07 Å². The number of piperazine rings is 1. The molecule has 0 unspecified atom stereocenters. The summed E-state index contributed by atoms with van der Waals surface area (Å²) in [5.41, 5.74) is 0.976. The molecular formula is C14H18N6O. The van der Waals surface area contributed by atoms with Crippen LogP contribution in [0, 0.1) is 4.91 Å². The van der Waals surface area contributed by atoms with E-state index in [4.69, 9.17) is 0 Å². The highest BCUT2D eigenvalue weighted by Gasteiger charge is 2.14. The molecule has 0 aromatic carbocycles. The Morgan fingerprint density at radius 2 is 2.10 bits per heavy atom. The SMILES string of the molecule is CN1CCN(CC=Nc2nn3ccccc3c2N=O)CC1. The Hall–Kier alpha value is -2.12. The lowest BCUT2D eigenvalue weighted by molar-refractivity contribution is 0.171. The first-order chi connectivity index (χ1) is 10.3. The molecule has 0 N–H and O–H groups in total. The van der Waals surface area contributed by atoms with E-state index in [1.165, 1.54) is 0 Å². The van der Waals surface area contributed by atoms with Gasteiger partial charge in [0, 0.05) is 45.1 Å². The zero-order chi connectivity index (χ0) is 14.7. The molecule has 0 saturated carbocycles. The van der Waals surface area contributed by atoms with Gasteiger partial charge in [0.15, 0.2) is 5.69 Å². The van der Waals surface area contributed by atoms with Crippen LogP contribution in [0.3, 0.4) is 0 Å². The predicted octanol–water partition coefficient (Wildman–Crippen LogP) is 1.68. The number of pyridine rings is 1. The molecule has 110 valence electrons. The van der Waals surface area contributed by atoms with Crippen LogP contribution in [-0.2, 0) is 0 Å². The summed E-state index contributed by atoms with van der Waals surface area (Å²) in [6, 6.07) is 5.51.